The van der Waals surface area contributed by atoms with Gasteiger partial charge in [0.25, 0.3) is 0 Å². The maximum Gasteiger partial charge on any atom is 0.234 e. The molecular weight excluding hydrogens is 276 g/mol. The molecule has 0 atom stereocenters. The normalized spacial score (nSPS) is 9.82. The van der Waals surface area contributed by atoms with E-state index in [1.54, 1.807) is 0 Å². The van der Waals surface area contributed by atoms with Crippen molar-refractivity contribution in [2.45, 2.75) is 26.5 Å². The summed E-state index contributed by atoms with van der Waals surface area (Å²) in [5.74, 6) is 0.488. The van der Waals surface area contributed by atoms with Crippen LogP contribution >= 0.6 is 0 Å². The molecule has 0 saturated carbocycles. The Labute approximate surface area is 130 Å². The van der Waals surface area contributed by atoms with Crippen LogP contribution in [0.5, 0.6) is 5.75 Å². The Balaban J connectivity index is 1.91. The average Bonchev–Trinajstić information content (AvgIpc) is 2.52. The zero-order chi connectivity index (χ0) is 15.8. The first-order chi connectivity index (χ1) is 10.7. The van der Waals surface area contributed by atoms with Crippen molar-refractivity contribution in [2.75, 3.05) is 0 Å². The Morgan fingerprint density at radius 2 is 1.95 bits per heavy atom. The monoisotopic (exact) mass is 294 g/mol. The Kier molecular flexibility index (Phi) is 5.56. The van der Waals surface area contributed by atoms with E-state index in [0.29, 0.717) is 13.2 Å². The largest absolute Gasteiger partial charge is 0.489 e. The minimum absolute atomic E-state index is 0.121. The highest BCUT2D eigenvalue weighted by atomic mass is 16.5. The van der Waals surface area contributed by atoms with Crippen molar-refractivity contribution >= 4 is 5.91 Å². The summed E-state index contributed by atoms with van der Waals surface area (Å²) in [6, 6.07) is 17.6. The van der Waals surface area contributed by atoms with Crippen molar-refractivity contribution in [3.8, 4) is 11.8 Å². The van der Waals surface area contributed by atoms with Gasteiger partial charge in [0.2, 0.25) is 5.91 Å². The second kappa shape index (κ2) is 7.84. The summed E-state index contributed by atoms with van der Waals surface area (Å²) in [4.78, 5) is 11.3. The van der Waals surface area contributed by atoms with E-state index < -0.39 is 0 Å². The molecule has 0 spiro atoms. The van der Waals surface area contributed by atoms with Crippen molar-refractivity contribution in [3.05, 3.63) is 65.2 Å². The van der Waals surface area contributed by atoms with Crippen molar-refractivity contribution < 1.29 is 9.53 Å². The lowest BCUT2D eigenvalue weighted by molar-refractivity contribution is -0.120. The van der Waals surface area contributed by atoms with E-state index in [-0.39, 0.29) is 12.3 Å². The first-order valence-corrected chi connectivity index (χ1v) is 7.08. The number of carbonyl (C=O) groups is 1. The van der Waals surface area contributed by atoms with Crippen LogP contribution in [0.4, 0.5) is 0 Å². The van der Waals surface area contributed by atoms with E-state index in [2.05, 4.69) is 11.4 Å². The first-order valence-electron chi connectivity index (χ1n) is 7.08. The molecule has 0 radical (unpaired) electrons. The van der Waals surface area contributed by atoms with Crippen LogP contribution < -0.4 is 10.1 Å². The molecule has 1 N–H and O–H groups in total. The van der Waals surface area contributed by atoms with E-state index in [4.69, 9.17) is 10.00 Å². The smallest absolute Gasteiger partial charge is 0.234 e. The zero-order valence-electron chi connectivity index (χ0n) is 12.5. The molecule has 112 valence electrons. The van der Waals surface area contributed by atoms with Crippen molar-refractivity contribution in [1.82, 2.24) is 5.32 Å². The SMILES string of the molecule is Cc1cccc(COc2cccc(CNC(=O)CC#N)c2)c1. The van der Waals surface area contributed by atoms with E-state index in [1.165, 1.54) is 5.56 Å². The third-order valence-corrected chi connectivity index (χ3v) is 3.12. The van der Waals surface area contributed by atoms with Gasteiger partial charge in [-0.25, -0.2) is 0 Å². The van der Waals surface area contributed by atoms with E-state index in [9.17, 15) is 4.79 Å². The molecule has 0 aromatic heterocycles. The number of rotatable bonds is 6. The Morgan fingerprint density at radius 3 is 2.73 bits per heavy atom. The highest BCUT2D eigenvalue weighted by Gasteiger charge is 2.02. The van der Waals surface area contributed by atoms with E-state index >= 15 is 0 Å². The quantitative estimate of drug-likeness (QED) is 0.890. The number of hydrogen-bond acceptors (Lipinski definition) is 3. The molecule has 4 nitrogen and oxygen atoms in total. The fourth-order valence-corrected chi connectivity index (χ4v) is 2.05. The lowest BCUT2D eigenvalue weighted by Crippen LogP contribution is -2.21. The first kappa shape index (κ1) is 15.6. The van der Waals surface area contributed by atoms with Crippen LogP contribution in [0, 0.1) is 18.3 Å². The molecule has 0 aliphatic carbocycles. The van der Waals surface area contributed by atoms with Gasteiger partial charge in [-0.2, -0.15) is 5.26 Å². The minimum atomic E-state index is -0.270. The van der Waals surface area contributed by atoms with Gasteiger partial charge in [-0.15, -0.1) is 0 Å². The maximum atomic E-state index is 11.3. The van der Waals surface area contributed by atoms with Crippen LogP contribution in [0.2, 0.25) is 0 Å². The predicted octanol–water partition coefficient (Wildman–Crippen LogP) is 3.10. The number of aryl methyl sites for hydroxylation is 1. The molecule has 0 heterocycles. The number of hydrogen-bond donors (Lipinski definition) is 1. The van der Waals surface area contributed by atoms with Gasteiger partial charge < -0.3 is 10.1 Å². The van der Waals surface area contributed by atoms with Crippen LogP contribution in [0.3, 0.4) is 0 Å². The van der Waals surface area contributed by atoms with Crippen LogP contribution in [0.1, 0.15) is 23.1 Å². The number of nitrogens with one attached hydrogen (secondary N) is 1. The Morgan fingerprint density at radius 1 is 1.18 bits per heavy atom. The van der Waals surface area contributed by atoms with Gasteiger partial charge in [-0.05, 0) is 30.2 Å². The second-order valence-electron chi connectivity index (χ2n) is 5.04. The molecule has 1 amide bonds. The van der Waals surface area contributed by atoms with Gasteiger partial charge in [0.15, 0.2) is 0 Å². The molecule has 0 saturated heterocycles. The van der Waals surface area contributed by atoms with E-state index in [0.717, 1.165) is 16.9 Å². The van der Waals surface area contributed by atoms with Crippen molar-refractivity contribution in [3.63, 3.8) is 0 Å². The van der Waals surface area contributed by atoms with Crippen LogP contribution in [-0.2, 0) is 17.9 Å². The highest BCUT2D eigenvalue weighted by Crippen LogP contribution is 2.15. The number of benzene rings is 2. The van der Waals surface area contributed by atoms with Crippen LogP contribution in [0.25, 0.3) is 0 Å². The van der Waals surface area contributed by atoms with Gasteiger partial charge in [0, 0.05) is 6.54 Å². The van der Waals surface area contributed by atoms with Crippen LogP contribution in [0.15, 0.2) is 48.5 Å². The summed E-state index contributed by atoms with van der Waals surface area (Å²) in [5.41, 5.74) is 3.26. The van der Waals surface area contributed by atoms with Gasteiger partial charge in [0.05, 0.1) is 6.07 Å². The maximum absolute atomic E-state index is 11.3. The van der Waals surface area contributed by atoms with E-state index in [1.807, 2.05) is 55.5 Å². The summed E-state index contributed by atoms with van der Waals surface area (Å²) >= 11 is 0. The molecule has 4 heteroatoms. The van der Waals surface area contributed by atoms with Gasteiger partial charge in [-0.1, -0.05) is 42.0 Å². The zero-order valence-corrected chi connectivity index (χ0v) is 12.5. The summed E-state index contributed by atoms with van der Waals surface area (Å²) in [6.45, 7) is 2.95. The third-order valence-electron chi connectivity index (χ3n) is 3.12. The molecular formula is C18H18N2O2. The minimum Gasteiger partial charge on any atom is -0.489 e. The second-order valence-corrected chi connectivity index (χ2v) is 5.04. The summed E-state index contributed by atoms with van der Waals surface area (Å²) in [5, 5.41) is 11.1. The summed E-state index contributed by atoms with van der Waals surface area (Å²) in [6.07, 6.45) is -0.121. The molecule has 2 aromatic carbocycles. The number of nitrogens with zero attached hydrogens (tertiary/aromatic N) is 1. The Bertz CT molecular complexity index is 689. The van der Waals surface area contributed by atoms with Crippen LogP contribution in [-0.4, -0.2) is 5.91 Å². The van der Waals surface area contributed by atoms with Gasteiger partial charge in [0.1, 0.15) is 18.8 Å². The fourth-order valence-electron chi connectivity index (χ4n) is 2.05. The molecule has 22 heavy (non-hydrogen) atoms. The molecule has 2 rings (SSSR count). The predicted molar refractivity (Wildman–Crippen MR) is 84.0 cm³/mol. The summed E-state index contributed by atoms with van der Waals surface area (Å²) in [7, 11) is 0. The van der Waals surface area contributed by atoms with Gasteiger partial charge >= 0.3 is 0 Å². The fraction of sp³-hybridized carbons (Fsp3) is 0.222. The third kappa shape index (κ3) is 4.95. The Hall–Kier alpha value is -2.80. The molecule has 2 aromatic rings. The molecule has 0 unspecified atom stereocenters. The molecule has 0 aliphatic rings. The number of nitriles is 1. The van der Waals surface area contributed by atoms with Gasteiger partial charge in [-0.3, -0.25) is 4.79 Å². The average molecular weight is 294 g/mol. The summed E-state index contributed by atoms with van der Waals surface area (Å²) < 4.78 is 5.78. The lowest BCUT2D eigenvalue weighted by Gasteiger charge is -2.09. The highest BCUT2D eigenvalue weighted by molar-refractivity contribution is 5.77. The standard InChI is InChI=1S/C18H18N2O2/c1-14-4-2-6-16(10-14)13-22-17-7-3-5-15(11-17)12-20-18(21)8-9-19/h2-7,10-11H,8,12-13H2,1H3,(H,20,21). The topological polar surface area (TPSA) is 62.1 Å². The molecule has 0 fully saturated rings. The lowest BCUT2D eigenvalue weighted by atomic mass is 10.1. The number of amides is 1. The molecule has 0 bridgehead atoms. The number of carbonyl (C=O) groups excluding carboxylic acids is 1. The van der Waals surface area contributed by atoms with Crippen molar-refractivity contribution in [1.29, 1.82) is 5.26 Å². The van der Waals surface area contributed by atoms with Crippen molar-refractivity contribution in [2.24, 2.45) is 0 Å². The molecule has 0 aliphatic heterocycles. The number of ether oxygens (including phenoxy) is 1.